The molecule has 0 saturated heterocycles. The highest BCUT2D eigenvalue weighted by Crippen LogP contribution is 2.45. The largest absolute Gasteiger partial charge is 0.488 e. The lowest BCUT2D eigenvalue weighted by molar-refractivity contribution is -0.112. The Morgan fingerprint density at radius 3 is 2.64 bits per heavy atom. The number of nitrogens with two attached hydrogens (primary N) is 1. The Morgan fingerprint density at radius 2 is 2.03 bits per heavy atom. The summed E-state index contributed by atoms with van der Waals surface area (Å²) < 4.78 is 6.36. The number of carbonyl (C=O) groups excluding carboxylic acids is 1. The molecule has 1 aliphatic heterocycles. The number of halogens is 1. The molecular weight excluding hydrogens is 492 g/mol. The van der Waals surface area contributed by atoms with Crippen LogP contribution in [-0.2, 0) is 4.79 Å². The summed E-state index contributed by atoms with van der Waals surface area (Å²) in [4.78, 5) is 28.1. The Kier molecular flexibility index (Phi) is 8.87. The highest BCUT2D eigenvalue weighted by Gasteiger charge is 2.40. The minimum absolute atomic E-state index is 0.0216. The number of carbonyl (C=O) groups is 1. The topological polar surface area (TPSA) is 100 Å². The predicted octanol–water partition coefficient (Wildman–Crippen LogP) is 6.15. The van der Waals surface area contributed by atoms with Gasteiger partial charge in [0.15, 0.2) is 14.1 Å². The summed E-state index contributed by atoms with van der Waals surface area (Å²) in [7, 11) is -2.23. The normalized spacial score (nSPS) is 22.1. The van der Waals surface area contributed by atoms with Crippen LogP contribution in [0, 0.1) is 5.92 Å². The molecule has 196 valence electrons. The zero-order valence-corrected chi connectivity index (χ0v) is 23.7. The first kappa shape index (κ1) is 28.2. The molecular formula is C27H39ClN4O3Si. The van der Waals surface area contributed by atoms with Crippen molar-refractivity contribution in [1.82, 2.24) is 5.01 Å². The zero-order chi connectivity index (χ0) is 26.7. The molecule has 1 aliphatic carbocycles. The molecule has 1 fully saturated rings. The first-order valence-corrected chi connectivity index (χ1v) is 15.8. The third-order valence-corrected chi connectivity index (χ3v) is 11.3. The van der Waals surface area contributed by atoms with Crippen molar-refractivity contribution in [2.24, 2.45) is 16.8 Å². The van der Waals surface area contributed by atoms with Crippen molar-refractivity contribution < 1.29 is 14.3 Å². The van der Waals surface area contributed by atoms with Crippen LogP contribution in [0.1, 0.15) is 52.9 Å². The van der Waals surface area contributed by atoms with E-state index in [2.05, 4.69) is 30.7 Å². The van der Waals surface area contributed by atoms with Crippen molar-refractivity contribution in [2.45, 2.75) is 77.1 Å². The van der Waals surface area contributed by atoms with Crippen LogP contribution in [0.4, 0.5) is 5.69 Å². The van der Waals surface area contributed by atoms with E-state index in [1.807, 2.05) is 20.0 Å². The van der Waals surface area contributed by atoms with Crippen LogP contribution >= 0.6 is 11.6 Å². The number of amides is 1. The van der Waals surface area contributed by atoms with Gasteiger partial charge in [-0.1, -0.05) is 38.1 Å². The minimum atomic E-state index is -2.23. The molecule has 1 saturated carbocycles. The van der Waals surface area contributed by atoms with Crippen LogP contribution in [-0.4, -0.2) is 36.3 Å². The smallest absolute Gasteiger partial charge is 0.259 e. The maximum absolute atomic E-state index is 13.2. The van der Waals surface area contributed by atoms with E-state index in [1.54, 1.807) is 30.5 Å². The standard InChI is InChI=1S/C27H39ClN4O3Si/c1-7-22(25-30-15-14-18(2)32(25)29)26(33)31-23-16-20(28)10-13-24(23)35-21-11-8-19(9-12-21)17-27(3,4)36(5,6)34/h7,10,13-16,19,21,34H,1,8-9,11-12,17,29H2,2-6H3,(H,31,33)/b25-22+. The number of allylic oxidation sites excluding steroid dienone is 2. The Morgan fingerprint density at radius 1 is 1.36 bits per heavy atom. The number of hydrogen-bond donors (Lipinski definition) is 3. The highest BCUT2D eigenvalue weighted by atomic mass is 35.5. The highest BCUT2D eigenvalue weighted by molar-refractivity contribution is 6.72. The number of rotatable bonds is 8. The van der Waals surface area contributed by atoms with Gasteiger partial charge in [0, 0.05) is 16.9 Å². The average Bonchev–Trinajstić information content (AvgIpc) is 2.79. The van der Waals surface area contributed by atoms with E-state index in [0.29, 0.717) is 28.2 Å². The lowest BCUT2D eigenvalue weighted by Gasteiger charge is -2.40. The molecule has 0 radical (unpaired) electrons. The van der Waals surface area contributed by atoms with E-state index >= 15 is 0 Å². The van der Waals surface area contributed by atoms with Gasteiger partial charge in [-0.25, -0.2) is 10.8 Å². The van der Waals surface area contributed by atoms with Crippen molar-refractivity contribution >= 4 is 37.7 Å². The van der Waals surface area contributed by atoms with Crippen LogP contribution < -0.4 is 15.9 Å². The molecule has 7 nitrogen and oxygen atoms in total. The van der Waals surface area contributed by atoms with Crippen molar-refractivity contribution in [3.8, 4) is 5.75 Å². The van der Waals surface area contributed by atoms with E-state index in [4.69, 9.17) is 22.2 Å². The summed E-state index contributed by atoms with van der Waals surface area (Å²) >= 11 is 6.25. The number of hydrazine groups is 1. The fraction of sp³-hybridized carbons (Fsp3) is 0.481. The van der Waals surface area contributed by atoms with E-state index in [1.165, 1.54) is 11.1 Å². The number of nitrogens with one attached hydrogen (secondary N) is 1. The molecule has 36 heavy (non-hydrogen) atoms. The Balaban J connectivity index is 1.70. The lowest BCUT2D eigenvalue weighted by atomic mass is 9.82. The minimum Gasteiger partial charge on any atom is -0.488 e. The van der Waals surface area contributed by atoms with Gasteiger partial charge < -0.3 is 14.8 Å². The zero-order valence-electron chi connectivity index (χ0n) is 22.0. The first-order valence-electron chi connectivity index (χ1n) is 12.4. The molecule has 1 aromatic rings. The van der Waals surface area contributed by atoms with Gasteiger partial charge in [-0.15, -0.1) is 0 Å². The summed E-state index contributed by atoms with van der Waals surface area (Å²) in [6, 6.07) is 5.22. The molecule has 0 aromatic heterocycles. The van der Waals surface area contributed by atoms with Crippen molar-refractivity contribution in [2.75, 3.05) is 5.32 Å². The molecule has 1 amide bonds. The molecule has 0 spiro atoms. The summed E-state index contributed by atoms with van der Waals surface area (Å²) in [5.74, 6) is 7.14. The van der Waals surface area contributed by atoms with Gasteiger partial charge in [0.2, 0.25) is 0 Å². The number of aliphatic imine (C=N–C) groups is 1. The maximum Gasteiger partial charge on any atom is 0.259 e. The maximum atomic E-state index is 13.2. The van der Waals surface area contributed by atoms with Crippen molar-refractivity contribution in [1.29, 1.82) is 0 Å². The number of benzene rings is 1. The monoisotopic (exact) mass is 530 g/mol. The second-order valence-corrected chi connectivity index (χ2v) is 15.8. The summed E-state index contributed by atoms with van der Waals surface area (Å²) in [6.45, 7) is 14.0. The molecule has 0 unspecified atom stereocenters. The predicted molar refractivity (Wildman–Crippen MR) is 150 cm³/mol. The number of anilines is 1. The first-order chi connectivity index (χ1) is 16.8. The third kappa shape index (κ3) is 6.67. The van der Waals surface area contributed by atoms with Crippen LogP contribution in [0.25, 0.3) is 0 Å². The number of hydrogen-bond acceptors (Lipinski definition) is 6. The fourth-order valence-corrected chi connectivity index (χ4v) is 5.47. The van der Waals surface area contributed by atoms with Crippen LogP contribution in [0.3, 0.4) is 0 Å². The summed E-state index contributed by atoms with van der Waals surface area (Å²) in [5, 5.41) is 4.72. The molecule has 4 N–H and O–H groups in total. The second kappa shape index (κ2) is 11.3. The number of nitrogens with zero attached hydrogens (tertiary/aromatic N) is 2. The molecule has 2 aliphatic rings. The van der Waals surface area contributed by atoms with Gasteiger partial charge >= 0.3 is 0 Å². The van der Waals surface area contributed by atoms with Crippen LogP contribution in [0.5, 0.6) is 5.75 Å². The average molecular weight is 531 g/mol. The van der Waals surface area contributed by atoms with Gasteiger partial charge in [-0.05, 0) is 87.4 Å². The van der Waals surface area contributed by atoms with Crippen molar-refractivity contribution in [3.05, 3.63) is 59.0 Å². The molecule has 3 rings (SSSR count). The Labute approximate surface area is 220 Å². The van der Waals surface area contributed by atoms with Gasteiger partial charge in [-0.2, -0.15) is 0 Å². The SMILES string of the molecule is C=C/C(C(=O)Nc1cc(Cl)ccc1OC1CCC(CC(C)(C)[Si](C)(C)O)CC1)=C1/N=CC=C(C)N1N. The third-order valence-electron chi connectivity index (χ3n) is 7.54. The Hall–Kier alpha value is -2.39. The van der Waals surface area contributed by atoms with E-state index in [-0.39, 0.29) is 16.7 Å². The Bertz CT molecular complexity index is 1080. The van der Waals surface area contributed by atoms with E-state index in [9.17, 15) is 9.59 Å². The van der Waals surface area contributed by atoms with Gasteiger partial charge in [0.1, 0.15) is 5.75 Å². The van der Waals surface area contributed by atoms with Crippen molar-refractivity contribution in [3.63, 3.8) is 0 Å². The van der Waals surface area contributed by atoms with E-state index < -0.39 is 14.2 Å². The molecule has 1 aromatic carbocycles. The van der Waals surface area contributed by atoms with Gasteiger partial charge in [0.05, 0.1) is 17.4 Å². The molecule has 0 atom stereocenters. The molecule has 1 heterocycles. The van der Waals surface area contributed by atoms with Gasteiger partial charge in [0.25, 0.3) is 5.91 Å². The number of ether oxygens (including phenoxy) is 1. The quantitative estimate of drug-likeness (QED) is 0.213. The van der Waals surface area contributed by atoms with Crippen LogP contribution in [0.15, 0.2) is 59.0 Å². The van der Waals surface area contributed by atoms with E-state index in [0.717, 1.165) is 37.8 Å². The van der Waals surface area contributed by atoms with Crippen LogP contribution in [0.2, 0.25) is 23.2 Å². The molecule has 0 bridgehead atoms. The summed E-state index contributed by atoms with van der Waals surface area (Å²) in [6.07, 6.45) is 9.83. The van der Waals surface area contributed by atoms with Gasteiger partial charge in [-0.3, -0.25) is 9.80 Å². The summed E-state index contributed by atoms with van der Waals surface area (Å²) in [5.41, 5.74) is 1.48. The molecule has 9 heteroatoms. The second-order valence-electron chi connectivity index (χ2n) is 10.9. The lowest BCUT2D eigenvalue weighted by Crippen LogP contribution is -2.40. The fourth-order valence-electron chi connectivity index (χ4n) is 4.51.